The van der Waals surface area contributed by atoms with Crippen LogP contribution < -0.4 is 5.73 Å². The Morgan fingerprint density at radius 3 is 2.55 bits per heavy atom. The van der Waals surface area contributed by atoms with Gasteiger partial charge < -0.3 is 5.73 Å². The van der Waals surface area contributed by atoms with E-state index in [0.717, 1.165) is 30.0 Å². The normalized spacial score (nSPS) is 28.4. The van der Waals surface area contributed by atoms with Gasteiger partial charge in [0.05, 0.1) is 0 Å². The van der Waals surface area contributed by atoms with E-state index >= 15 is 0 Å². The van der Waals surface area contributed by atoms with Crippen LogP contribution in [0, 0.1) is 17.8 Å². The number of benzene rings is 1. The Morgan fingerprint density at radius 1 is 1.15 bits per heavy atom. The molecule has 0 spiro atoms. The molecule has 1 aromatic carbocycles. The minimum atomic E-state index is 0.865. The number of nitrogens with two attached hydrogens (primary N) is 1. The zero-order valence-electron chi connectivity index (χ0n) is 12.7. The standard InChI is InChI=1S/C18H28N2/c1-2-9-20(12-14-4-7-18(19)8-5-14)13-17-11-15-3-6-16(17)10-15/h4-5,7-8,15-17H,2-3,6,9-13,19H2,1H3. The van der Waals surface area contributed by atoms with Crippen molar-refractivity contribution in [3.05, 3.63) is 29.8 Å². The molecule has 0 aromatic heterocycles. The largest absolute Gasteiger partial charge is 0.399 e. The molecule has 20 heavy (non-hydrogen) atoms. The molecule has 0 radical (unpaired) electrons. The maximum atomic E-state index is 5.78. The summed E-state index contributed by atoms with van der Waals surface area (Å²) in [4.78, 5) is 2.66. The molecule has 2 aliphatic rings. The Bertz CT molecular complexity index is 426. The van der Waals surface area contributed by atoms with Crippen LogP contribution >= 0.6 is 0 Å². The van der Waals surface area contributed by atoms with Gasteiger partial charge in [-0.1, -0.05) is 25.5 Å². The number of hydrogen-bond donors (Lipinski definition) is 1. The minimum absolute atomic E-state index is 0.865. The van der Waals surface area contributed by atoms with Crippen LogP contribution in [0.25, 0.3) is 0 Å². The Hall–Kier alpha value is -1.02. The Labute approximate surface area is 123 Å². The number of fused-ring (bicyclic) bond motifs is 2. The maximum Gasteiger partial charge on any atom is 0.0314 e. The van der Waals surface area contributed by atoms with Crippen LogP contribution in [0.1, 0.15) is 44.6 Å². The number of nitrogens with zero attached hydrogens (tertiary/aromatic N) is 1. The lowest BCUT2D eigenvalue weighted by Gasteiger charge is -2.29. The van der Waals surface area contributed by atoms with Gasteiger partial charge in [0.2, 0.25) is 0 Å². The molecule has 2 aliphatic carbocycles. The van der Waals surface area contributed by atoms with Crippen LogP contribution in [-0.2, 0) is 6.54 Å². The highest BCUT2D eigenvalue weighted by Gasteiger charge is 2.39. The molecule has 0 aliphatic heterocycles. The highest BCUT2D eigenvalue weighted by atomic mass is 15.1. The van der Waals surface area contributed by atoms with E-state index in [-0.39, 0.29) is 0 Å². The minimum Gasteiger partial charge on any atom is -0.399 e. The van der Waals surface area contributed by atoms with Crippen molar-refractivity contribution in [1.29, 1.82) is 0 Å². The van der Waals surface area contributed by atoms with E-state index in [0.29, 0.717) is 0 Å². The topological polar surface area (TPSA) is 29.3 Å². The molecule has 0 saturated heterocycles. The van der Waals surface area contributed by atoms with Gasteiger partial charge in [0.15, 0.2) is 0 Å². The van der Waals surface area contributed by atoms with E-state index < -0.39 is 0 Å². The highest BCUT2D eigenvalue weighted by Crippen LogP contribution is 2.48. The van der Waals surface area contributed by atoms with Crippen LogP contribution in [0.2, 0.25) is 0 Å². The fraction of sp³-hybridized carbons (Fsp3) is 0.667. The zero-order valence-corrected chi connectivity index (χ0v) is 12.7. The molecule has 2 nitrogen and oxygen atoms in total. The van der Waals surface area contributed by atoms with Gasteiger partial charge in [0, 0.05) is 18.8 Å². The van der Waals surface area contributed by atoms with Gasteiger partial charge in [-0.15, -0.1) is 0 Å². The van der Waals surface area contributed by atoms with Crippen LogP contribution in [0.5, 0.6) is 0 Å². The van der Waals surface area contributed by atoms with E-state index in [1.54, 1.807) is 0 Å². The second-order valence-corrected chi connectivity index (χ2v) is 6.91. The first-order chi connectivity index (χ1) is 9.74. The zero-order chi connectivity index (χ0) is 13.9. The molecule has 2 heteroatoms. The summed E-state index contributed by atoms with van der Waals surface area (Å²) in [5, 5.41) is 0. The van der Waals surface area contributed by atoms with Crippen molar-refractivity contribution in [3.8, 4) is 0 Å². The van der Waals surface area contributed by atoms with Crippen LogP contribution in [0.3, 0.4) is 0 Å². The van der Waals surface area contributed by atoms with Gasteiger partial charge in [-0.25, -0.2) is 0 Å². The van der Waals surface area contributed by atoms with Crippen molar-refractivity contribution < 1.29 is 0 Å². The smallest absolute Gasteiger partial charge is 0.0314 e. The molecular formula is C18H28N2. The van der Waals surface area contributed by atoms with Crippen LogP contribution in [0.4, 0.5) is 5.69 Å². The summed E-state index contributed by atoms with van der Waals surface area (Å²) in [5.74, 6) is 3.06. The lowest BCUT2D eigenvalue weighted by atomic mass is 9.88. The second-order valence-electron chi connectivity index (χ2n) is 6.91. The highest BCUT2D eigenvalue weighted by molar-refractivity contribution is 5.39. The molecule has 0 amide bonds. The summed E-state index contributed by atoms with van der Waals surface area (Å²) in [6, 6.07) is 8.41. The third-order valence-electron chi connectivity index (χ3n) is 5.30. The van der Waals surface area contributed by atoms with E-state index in [4.69, 9.17) is 5.73 Å². The van der Waals surface area contributed by atoms with Crippen molar-refractivity contribution in [2.24, 2.45) is 17.8 Å². The second kappa shape index (κ2) is 6.17. The molecule has 3 unspecified atom stereocenters. The molecule has 0 heterocycles. The number of anilines is 1. The molecule has 2 bridgehead atoms. The molecule has 2 fully saturated rings. The van der Waals surface area contributed by atoms with E-state index in [2.05, 4.69) is 24.0 Å². The van der Waals surface area contributed by atoms with Gasteiger partial charge in [0.25, 0.3) is 0 Å². The van der Waals surface area contributed by atoms with Gasteiger partial charge >= 0.3 is 0 Å². The Kier molecular flexibility index (Phi) is 4.30. The third kappa shape index (κ3) is 3.17. The quantitative estimate of drug-likeness (QED) is 0.795. The van der Waals surface area contributed by atoms with Gasteiger partial charge in [0.1, 0.15) is 0 Å². The Morgan fingerprint density at radius 2 is 1.95 bits per heavy atom. The van der Waals surface area contributed by atoms with E-state index in [9.17, 15) is 0 Å². The van der Waals surface area contributed by atoms with Crippen molar-refractivity contribution in [2.45, 2.75) is 45.6 Å². The number of hydrogen-bond acceptors (Lipinski definition) is 2. The van der Waals surface area contributed by atoms with E-state index in [1.165, 1.54) is 50.8 Å². The fourth-order valence-corrected chi connectivity index (χ4v) is 4.36. The summed E-state index contributed by atoms with van der Waals surface area (Å²) >= 11 is 0. The summed E-state index contributed by atoms with van der Waals surface area (Å²) in [7, 11) is 0. The molecule has 2 N–H and O–H groups in total. The molecule has 3 atom stereocenters. The fourth-order valence-electron chi connectivity index (χ4n) is 4.36. The number of nitrogen functional groups attached to an aromatic ring is 1. The average Bonchev–Trinajstić information content (AvgIpc) is 3.04. The summed E-state index contributed by atoms with van der Waals surface area (Å²) < 4.78 is 0. The monoisotopic (exact) mass is 272 g/mol. The van der Waals surface area contributed by atoms with Crippen molar-refractivity contribution in [3.63, 3.8) is 0 Å². The lowest BCUT2D eigenvalue weighted by molar-refractivity contribution is 0.183. The Balaban J connectivity index is 1.59. The van der Waals surface area contributed by atoms with E-state index in [1.807, 2.05) is 12.1 Å². The first-order valence-corrected chi connectivity index (χ1v) is 8.31. The molecule has 3 rings (SSSR count). The first kappa shape index (κ1) is 13.9. The van der Waals surface area contributed by atoms with Crippen LogP contribution in [-0.4, -0.2) is 18.0 Å². The molecule has 2 saturated carbocycles. The SMILES string of the molecule is CCCN(Cc1ccc(N)cc1)CC1CC2CCC1C2. The molecule has 110 valence electrons. The lowest BCUT2D eigenvalue weighted by Crippen LogP contribution is -2.32. The average molecular weight is 272 g/mol. The van der Waals surface area contributed by atoms with Crippen molar-refractivity contribution >= 4 is 5.69 Å². The predicted octanol–water partition coefficient (Wildman–Crippen LogP) is 3.92. The molecule has 1 aromatic rings. The van der Waals surface area contributed by atoms with Crippen LogP contribution in [0.15, 0.2) is 24.3 Å². The molecular weight excluding hydrogens is 244 g/mol. The summed E-state index contributed by atoms with van der Waals surface area (Å²) in [6.07, 6.45) is 7.26. The van der Waals surface area contributed by atoms with Crippen molar-refractivity contribution in [2.75, 3.05) is 18.8 Å². The maximum absolute atomic E-state index is 5.78. The van der Waals surface area contributed by atoms with Gasteiger partial charge in [-0.3, -0.25) is 4.90 Å². The predicted molar refractivity (Wildman–Crippen MR) is 85.4 cm³/mol. The summed E-state index contributed by atoms with van der Waals surface area (Å²) in [6.45, 7) is 5.90. The number of rotatable bonds is 6. The van der Waals surface area contributed by atoms with Gasteiger partial charge in [-0.2, -0.15) is 0 Å². The summed E-state index contributed by atoms with van der Waals surface area (Å²) in [5.41, 5.74) is 8.04. The van der Waals surface area contributed by atoms with Gasteiger partial charge in [-0.05, 0) is 67.7 Å². The first-order valence-electron chi connectivity index (χ1n) is 8.31. The van der Waals surface area contributed by atoms with Crippen molar-refractivity contribution in [1.82, 2.24) is 4.90 Å². The third-order valence-corrected chi connectivity index (χ3v) is 5.30.